The third-order valence-electron chi connectivity index (χ3n) is 1.02. The summed E-state index contributed by atoms with van der Waals surface area (Å²) in [4.78, 5) is 0.136. The molecule has 2 nitrogen and oxygen atoms in total. The van der Waals surface area contributed by atoms with Gasteiger partial charge in [-0.2, -0.15) is 0 Å². The zero-order chi connectivity index (χ0) is 7.61. The molecule has 0 fully saturated rings. The van der Waals surface area contributed by atoms with Crippen molar-refractivity contribution in [3.8, 4) is 0 Å². The van der Waals surface area contributed by atoms with Crippen molar-refractivity contribution in [3.63, 3.8) is 0 Å². The fraction of sp³-hybridized carbons (Fsp3) is 0. The molecule has 0 aliphatic carbocycles. The van der Waals surface area contributed by atoms with Gasteiger partial charge in [-0.05, 0) is 12.1 Å². The van der Waals surface area contributed by atoms with Crippen molar-refractivity contribution in [2.75, 3.05) is 0 Å². The van der Waals surface area contributed by atoms with Crippen molar-refractivity contribution in [2.45, 2.75) is 4.90 Å². The molecule has 11 heavy (non-hydrogen) atoms. The van der Waals surface area contributed by atoms with Gasteiger partial charge in [0, 0.05) is 40.2 Å². The smallest absolute Gasteiger partial charge is 0.207 e. The third kappa shape index (κ3) is 3.58. The quantitative estimate of drug-likeness (QED) is 0.504. The molecule has 0 heterocycles. The Bertz CT molecular complexity index is 309. The van der Waals surface area contributed by atoms with Crippen LogP contribution >= 0.6 is 10.7 Å². The zero-order valence-electron chi connectivity index (χ0n) is 5.99. The average Bonchev–Trinajstić information content (AvgIpc) is 1.88. The Kier molecular flexibility index (Phi) is 4.66. The van der Waals surface area contributed by atoms with E-state index in [-0.39, 0.29) is 34.5 Å². The molecule has 1 rings (SSSR count). The largest absolute Gasteiger partial charge is 0.261 e. The standard InChI is InChI=1S/C6H5ClO2S.Na/c7-10(8,9)6-4-2-1-3-5-6;/h1-5H;. The van der Waals surface area contributed by atoms with Crippen LogP contribution in [0.2, 0.25) is 0 Å². The molecule has 0 aliphatic heterocycles. The second-order valence-corrected chi connectivity index (χ2v) is 4.32. The van der Waals surface area contributed by atoms with Crippen molar-refractivity contribution in [3.05, 3.63) is 30.3 Å². The van der Waals surface area contributed by atoms with Crippen LogP contribution in [0.5, 0.6) is 0 Å². The topological polar surface area (TPSA) is 34.1 Å². The second kappa shape index (κ2) is 4.48. The molecule has 0 aliphatic rings. The molecule has 0 saturated carbocycles. The van der Waals surface area contributed by atoms with E-state index in [1.54, 1.807) is 18.2 Å². The van der Waals surface area contributed by atoms with E-state index in [9.17, 15) is 8.42 Å². The van der Waals surface area contributed by atoms with Crippen LogP contribution in [-0.4, -0.2) is 38.0 Å². The van der Waals surface area contributed by atoms with Gasteiger partial charge in [-0.3, -0.25) is 0 Å². The van der Waals surface area contributed by atoms with Gasteiger partial charge in [0.05, 0.1) is 4.90 Å². The van der Waals surface area contributed by atoms with Gasteiger partial charge in [0.25, 0.3) is 9.05 Å². The van der Waals surface area contributed by atoms with E-state index >= 15 is 0 Å². The van der Waals surface area contributed by atoms with Crippen LogP contribution in [0, 0.1) is 0 Å². The minimum Gasteiger partial charge on any atom is -0.207 e. The number of hydrogen-bond donors (Lipinski definition) is 0. The van der Waals surface area contributed by atoms with E-state index in [1.165, 1.54) is 12.1 Å². The minimum absolute atomic E-state index is 0. The molecule has 0 N–H and O–H groups in total. The van der Waals surface area contributed by atoms with Gasteiger partial charge in [0.15, 0.2) is 0 Å². The molecule has 0 aromatic heterocycles. The van der Waals surface area contributed by atoms with Gasteiger partial charge in [0.2, 0.25) is 0 Å². The summed E-state index contributed by atoms with van der Waals surface area (Å²) in [5, 5.41) is 0. The first-order valence-corrected chi connectivity index (χ1v) is 4.91. The van der Waals surface area contributed by atoms with Crippen LogP contribution in [0.25, 0.3) is 0 Å². The number of halogens is 1. The normalized spacial score (nSPS) is 10.3. The van der Waals surface area contributed by atoms with E-state index in [4.69, 9.17) is 10.7 Å². The zero-order valence-corrected chi connectivity index (χ0v) is 9.56. The van der Waals surface area contributed by atoms with Crippen molar-refractivity contribution >= 4 is 49.3 Å². The van der Waals surface area contributed by atoms with Gasteiger partial charge in [-0.1, -0.05) is 18.2 Å². The van der Waals surface area contributed by atoms with Crippen molar-refractivity contribution < 1.29 is 8.42 Å². The van der Waals surface area contributed by atoms with Crippen molar-refractivity contribution in [1.82, 2.24) is 0 Å². The molecule has 0 spiro atoms. The van der Waals surface area contributed by atoms with Gasteiger partial charge >= 0.3 is 0 Å². The fourth-order valence-electron chi connectivity index (χ4n) is 0.583. The van der Waals surface area contributed by atoms with Gasteiger partial charge in [0.1, 0.15) is 0 Å². The van der Waals surface area contributed by atoms with Crippen LogP contribution in [0.15, 0.2) is 35.2 Å². The van der Waals surface area contributed by atoms with Crippen LogP contribution in [-0.2, 0) is 9.05 Å². The van der Waals surface area contributed by atoms with E-state index in [2.05, 4.69) is 0 Å². The molecule has 0 unspecified atom stereocenters. The Labute approximate surface area is 92.3 Å². The molecule has 0 amide bonds. The van der Waals surface area contributed by atoms with Gasteiger partial charge < -0.3 is 0 Å². The maximum atomic E-state index is 10.6. The van der Waals surface area contributed by atoms with Crippen LogP contribution in [0.4, 0.5) is 0 Å². The molecule has 0 atom stereocenters. The Morgan fingerprint density at radius 3 is 1.82 bits per heavy atom. The number of rotatable bonds is 1. The first-order chi connectivity index (χ1) is 4.61. The maximum Gasteiger partial charge on any atom is 0.261 e. The molecule has 0 bridgehead atoms. The first kappa shape index (κ1) is 11.5. The first-order valence-electron chi connectivity index (χ1n) is 2.60. The molecule has 1 radical (unpaired) electrons. The summed E-state index contributed by atoms with van der Waals surface area (Å²) in [5.41, 5.74) is 0. The second-order valence-electron chi connectivity index (χ2n) is 1.75. The molecule has 5 heteroatoms. The Balaban J connectivity index is 0.000001000. The number of benzene rings is 1. The third-order valence-corrected chi connectivity index (χ3v) is 2.39. The molecular formula is C6H5ClNaO2S. The summed E-state index contributed by atoms with van der Waals surface area (Å²) in [6, 6.07) is 7.86. The molecule has 0 saturated heterocycles. The minimum atomic E-state index is -3.53. The summed E-state index contributed by atoms with van der Waals surface area (Å²) < 4.78 is 21.2. The molecule has 1 aromatic carbocycles. The Morgan fingerprint density at radius 1 is 1.09 bits per heavy atom. The van der Waals surface area contributed by atoms with E-state index in [0.717, 1.165) is 0 Å². The maximum absolute atomic E-state index is 10.6. The van der Waals surface area contributed by atoms with Crippen LogP contribution in [0.3, 0.4) is 0 Å². The average molecular weight is 200 g/mol. The molecule has 1 aromatic rings. The fourth-order valence-corrected chi connectivity index (χ4v) is 1.37. The van der Waals surface area contributed by atoms with E-state index in [1.807, 2.05) is 0 Å². The summed E-state index contributed by atoms with van der Waals surface area (Å²) in [6.45, 7) is 0. The van der Waals surface area contributed by atoms with E-state index in [0.29, 0.717) is 0 Å². The SMILES string of the molecule is O=S(=O)(Cl)c1ccccc1.[Na]. The number of hydrogen-bond acceptors (Lipinski definition) is 2. The Hall–Kier alpha value is 0.460. The monoisotopic (exact) mass is 199 g/mol. The predicted octanol–water partition coefficient (Wildman–Crippen LogP) is 1.23. The summed E-state index contributed by atoms with van der Waals surface area (Å²) in [6.07, 6.45) is 0. The van der Waals surface area contributed by atoms with Gasteiger partial charge in [-0.15, -0.1) is 0 Å². The van der Waals surface area contributed by atoms with E-state index < -0.39 is 9.05 Å². The molecule has 55 valence electrons. The summed E-state index contributed by atoms with van der Waals surface area (Å²) in [7, 11) is 1.50. The van der Waals surface area contributed by atoms with Crippen LogP contribution in [0.1, 0.15) is 0 Å². The summed E-state index contributed by atoms with van der Waals surface area (Å²) >= 11 is 0. The van der Waals surface area contributed by atoms with Crippen molar-refractivity contribution in [1.29, 1.82) is 0 Å². The predicted molar refractivity (Wildman–Crippen MR) is 45.2 cm³/mol. The van der Waals surface area contributed by atoms with Crippen molar-refractivity contribution in [2.24, 2.45) is 0 Å². The summed E-state index contributed by atoms with van der Waals surface area (Å²) in [5.74, 6) is 0. The van der Waals surface area contributed by atoms with Crippen LogP contribution < -0.4 is 0 Å². The Morgan fingerprint density at radius 2 is 1.55 bits per heavy atom. The molecular weight excluding hydrogens is 195 g/mol. The van der Waals surface area contributed by atoms with Gasteiger partial charge in [-0.25, -0.2) is 8.42 Å².